The van der Waals surface area contributed by atoms with Crippen molar-refractivity contribution < 1.29 is 5.11 Å². The van der Waals surface area contributed by atoms with Gasteiger partial charge in [-0.1, -0.05) is 26.0 Å². The van der Waals surface area contributed by atoms with E-state index in [1.165, 1.54) is 0 Å². The number of nitrogens with one attached hydrogen (secondary N) is 1. The molecule has 1 atom stereocenters. The molecule has 0 aliphatic carbocycles. The predicted octanol–water partition coefficient (Wildman–Crippen LogP) is 2.45. The molecule has 2 aromatic rings. The Morgan fingerprint density at radius 1 is 1.22 bits per heavy atom. The van der Waals surface area contributed by atoms with Crippen LogP contribution in [-0.4, -0.2) is 27.7 Å². The number of aliphatic hydroxyl groups is 1. The molecule has 0 bridgehead atoms. The van der Waals surface area contributed by atoms with Gasteiger partial charge >= 0.3 is 0 Å². The molecule has 0 aliphatic heterocycles. The first kappa shape index (κ1) is 12.8. The van der Waals surface area contributed by atoms with Crippen LogP contribution in [0.4, 0.5) is 5.82 Å². The summed E-state index contributed by atoms with van der Waals surface area (Å²) in [7, 11) is 0. The number of aromatic nitrogens is 2. The average molecular weight is 245 g/mol. The standard InChI is InChI=1S/C14H19N3O/c1-10(2)12(7-8-18)17-14-11-5-3-4-6-13(11)15-9-16-14/h3-6,9-10,12,18H,7-8H2,1-2H3,(H,15,16,17). The maximum absolute atomic E-state index is 9.10. The maximum atomic E-state index is 9.10. The number of anilines is 1. The third-order valence-corrected chi connectivity index (χ3v) is 3.11. The molecular weight excluding hydrogens is 226 g/mol. The summed E-state index contributed by atoms with van der Waals surface area (Å²) >= 11 is 0. The third kappa shape index (κ3) is 2.76. The average Bonchev–Trinajstić information content (AvgIpc) is 2.38. The van der Waals surface area contributed by atoms with Crippen LogP contribution in [0.15, 0.2) is 30.6 Å². The van der Waals surface area contributed by atoms with E-state index in [1.54, 1.807) is 6.33 Å². The van der Waals surface area contributed by atoms with Gasteiger partial charge in [0.05, 0.1) is 5.52 Å². The molecular formula is C14H19N3O. The van der Waals surface area contributed by atoms with Gasteiger partial charge in [0.15, 0.2) is 0 Å². The SMILES string of the molecule is CC(C)C(CCO)Nc1ncnc2ccccc12. The van der Waals surface area contributed by atoms with Crippen LogP contribution in [-0.2, 0) is 0 Å². The van der Waals surface area contributed by atoms with E-state index >= 15 is 0 Å². The molecule has 4 nitrogen and oxygen atoms in total. The summed E-state index contributed by atoms with van der Waals surface area (Å²) in [5.74, 6) is 1.28. The van der Waals surface area contributed by atoms with Crippen LogP contribution in [0.5, 0.6) is 0 Å². The molecule has 2 rings (SSSR count). The van der Waals surface area contributed by atoms with Crippen LogP contribution >= 0.6 is 0 Å². The van der Waals surface area contributed by atoms with Gasteiger partial charge in [0.2, 0.25) is 0 Å². The topological polar surface area (TPSA) is 58.0 Å². The Kier molecular flexibility index (Phi) is 4.10. The molecule has 0 radical (unpaired) electrons. The molecule has 96 valence electrons. The zero-order valence-electron chi connectivity index (χ0n) is 10.8. The van der Waals surface area contributed by atoms with E-state index in [2.05, 4.69) is 29.1 Å². The van der Waals surface area contributed by atoms with Crippen LogP contribution in [0.2, 0.25) is 0 Å². The number of fused-ring (bicyclic) bond motifs is 1. The van der Waals surface area contributed by atoms with Gasteiger partial charge in [-0.05, 0) is 24.5 Å². The minimum Gasteiger partial charge on any atom is -0.396 e. The van der Waals surface area contributed by atoms with Gasteiger partial charge in [-0.25, -0.2) is 9.97 Å². The first-order valence-electron chi connectivity index (χ1n) is 6.29. The summed E-state index contributed by atoms with van der Waals surface area (Å²) in [6.45, 7) is 4.45. The number of rotatable bonds is 5. The lowest BCUT2D eigenvalue weighted by Crippen LogP contribution is -2.27. The minimum absolute atomic E-state index is 0.179. The maximum Gasteiger partial charge on any atom is 0.137 e. The van der Waals surface area contributed by atoms with Gasteiger partial charge in [0.1, 0.15) is 12.1 Å². The monoisotopic (exact) mass is 245 g/mol. The Balaban J connectivity index is 2.30. The van der Waals surface area contributed by atoms with E-state index in [4.69, 9.17) is 5.11 Å². The summed E-state index contributed by atoms with van der Waals surface area (Å²) < 4.78 is 0. The Labute approximate surface area is 107 Å². The summed E-state index contributed by atoms with van der Waals surface area (Å²) in [5, 5.41) is 13.5. The molecule has 0 aliphatic rings. The zero-order chi connectivity index (χ0) is 13.0. The molecule has 1 aromatic carbocycles. The van der Waals surface area contributed by atoms with Crippen LogP contribution in [0.3, 0.4) is 0 Å². The number of aliphatic hydroxyl groups excluding tert-OH is 1. The van der Waals surface area contributed by atoms with Gasteiger partial charge < -0.3 is 10.4 Å². The normalized spacial score (nSPS) is 12.9. The molecule has 0 saturated heterocycles. The van der Waals surface area contributed by atoms with Crippen molar-refractivity contribution in [1.29, 1.82) is 0 Å². The Morgan fingerprint density at radius 2 is 2.00 bits per heavy atom. The highest BCUT2D eigenvalue weighted by Crippen LogP contribution is 2.21. The highest BCUT2D eigenvalue weighted by molar-refractivity contribution is 5.88. The van der Waals surface area contributed by atoms with Crippen molar-refractivity contribution >= 4 is 16.7 Å². The smallest absolute Gasteiger partial charge is 0.137 e. The van der Waals surface area contributed by atoms with Crippen LogP contribution in [0.1, 0.15) is 20.3 Å². The summed E-state index contributed by atoms with van der Waals surface area (Å²) in [6, 6.07) is 8.14. The number of nitrogens with zero attached hydrogens (tertiary/aromatic N) is 2. The molecule has 2 N–H and O–H groups in total. The van der Waals surface area contributed by atoms with Crippen LogP contribution < -0.4 is 5.32 Å². The second kappa shape index (κ2) is 5.78. The fourth-order valence-electron chi connectivity index (χ4n) is 2.01. The van der Waals surface area contributed by atoms with Crippen molar-refractivity contribution in [3.05, 3.63) is 30.6 Å². The summed E-state index contributed by atoms with van der Waals surface area (Å²) in [5.41, 5.74) is 0.932. The van der Waals surface area contributed by atoms with E-state index in [1.807, 2.05) is 24.3 Å². The molecule has 0 amide bonds. The van der Waals surface area contributed by atoms with Crippen LogP contribution in [0.25, 0.3) is 10.9 Å². The Morgan fingerprint density at radius 3 is 2.72 bits per heavy atom. The Bertz CT molecular complexity index is 508. The van der Waals surface area contributed by atoms with Crippen molar-refractivity contribution in [1.82, 2.24) is 9.97 Å². The first-order valence-corrected chi connectivity index (χ1v) is 6.29. The molecule has 18 heavy (non-hydrogen) atoms. The fourth-order valence-corrected chi connectivity index (χ4v) is 2.01. The van der Waals surface area contributed by atoms with E-state index in [0.29, 0.717) is 5.92 Å². The molecule has 4 heteroatoms. The van der Waals surface area contributed by atoms with Crippen molar-refractivity contribution in [3.8, 4) is 0 Å². The van der Waals surface area contributed by atoms with Gasteiger partial charge in [0.25, 0.3) is 0 Å². The lowest BCUT2D eigenvalue weighted by molar-refractivity contribution is 0.267. The number of benzene rings is 1. The summed E-state index contributed by atoms with van der Waals surface area (Å²) in [4.78, 5) is 8.55. The van der Waals surface area contributed by atoms with Gasteiger partial charge in [-0.3, -0.25) is 0 Å². The molecule has 1 heterocycles. The second-order valence-corrected chi connectivity index (χ2v) is 4.75. The van der Waals surface area contributed by atoms with E-state index in [0.717, 1.165) is 23.1 Å². The second-order valence-electron chi connectivity index (χ2n) is 4.75. The highest BCUT2D eigenvalue weighted by Gasteiger charge is 2.14. The minimum atomic E-state index is 0.179. The number of hydrogen-bond acceptors (Lipinski definition) is 4. The van der Waals surface area contributed by atoms with Crippen molar-refractivity contribution in [2.45, 2.75) is 26.3 Å². The lowest BCUT2D eigenvalue weighted by Gasteiger charge is -2.22. The van der Waals surface area contributed by atoms with Gasteiger partial charge in [-0.2, -0.15) is 0 Å². The molecule has 0 fully saturated rings. The molecule has 1 unspecified atom stereocenters. The van der Waals surface area contributed by atoms with Crippen molar-refractivity contribution in [3.63, 3.8) is 0 Å². The van der Waals surface area contributed by atoms with E-state index in [-0.39, 0.29) is 12.6 Å². The largest absolute Gasteiger partial charge is 0.396 e. The molecule has 0 spiro atoms. The molecule has 0 saturated carbocycles. The van der Waals surface area contributed by atoms with Gasteiger partial charge in [0, 0.05) is 18.0 Å². The fraction of sp³-hybridized carbons (Fsp3) is 0.429. The van der Waals surface area contributed by atoms with E-state index in [9.17, 15) is 0 Å². The lowest BCUT2D eigenvalue weighted by atomic mass is 10.0. The van der Waals surface area contributed by atoms with Crippen LogP contribution in [0, 0.1) is 5.92 Å². The van der Waals surface area contributed by atoms with Crippen molar-refractivity contribution in [2.75, 3.05) is 11.9 Å². The summed E-state index contributed by atoms with van der Waals surface area (Å²) in [6.07, 6.45) is 2.29. The Hall–Kier alpha value is -1.68. The number of para-hydroxylation sites is 1. The third-order valence-electron chi connectivity index (χ3n) is 3.11. The number of hydrogen-bond donors (Lipinski definition) is 2. The van der Waals surface area contributed by atoms with Gasteiger partial charge in [-0.15, -0.1) is 0 Å². The van der Waals surface area contributed by atoms with E-state index < -0.39 is 0 Å². The quantitative estimate of drug-likeness (QED) is 0.849. The first-order chi connectivity index (χ1) is 8.72. The predicted molar refractivity (Wildman–Crippen MR) is 73.5 cm³/mol. The van der Waals surface area contributed by atoms with Crippen molar-refractivity contribution in [2.24, 2.45) is 5.92 Å². The molecule has 1 aromatic heterocycles. The highest BCUT2D eigenvalue weighted by atomic mass is 16.3. The zero-order valence-corrected chi connectivity index (χ0v) is 10.8.